The number of nitrogens with one attached hydrogen (secondary N) is 2. The summed E-state index contributed by atoms with van der Waals surface area (Å²) in [6.07, 6.45) is 4.49. The average Bonchev–Trinajstić information content (AvgIpc) is 3.59. The highest BCUT2D eigenvalue weighted by Gasteiger charge is 2.24. The van der Waals surface area contributed by atoms with E-state index in [0.29, 0.717) is 22.6 Å². The summed E-state index contributed by atoms with van der Waals surface area (Å²) in [4.78, 5) is 28.2. The van der Waals surface area contributed by atoms with Gasteiger partial charge in [-0.15, -0.1) is 0 Å². The fourth-order valence-electron chi connectivity index (χ4n) is 5.24. The Hall–Kier alpha value is -4.76. The molecule has 0 spiro atoms. The van der Waals surface area contributed by atoms with Crippen LogP contribution in [-0.2, 0) is 0 Å². The molecule has 2 aromatic heterocycles. The topological polar surface area (TPSA) is 120 Å². The highest BCUT2D eigenvalue weighted by atomic mass is 19.1. The maximum atomic E-state index is 14.3. The van der Waals surface area contributed by atoms with Crippen molar-refractivity contribution in [3.05, 3.63) is 107 Å². The summed E-state index contributed by atoms with van der Waals surface area (Å²) in [5.74, 6) is -0.528. The molecule has 1 fully saturated rings. The van der Waals surface area contributed by atoms with E-state index in [4.69, 9.17) is 5.73 Å². The fraction of sp³-hybridized carbons (Fsp3) is 0.194. The van der Waals surface area contributed by atoms with Crippen LogP contribution < -0.4 is 16.0 Å². The average molecular weight is 537 g/mol. The number of hydrogen-bond acceptors (Lipinski definition) is 6. The van der Waals surface area contributed by atoms with Crippen molar-refractivity contribution in [2.75, 3.05) is 18.0 Å². The zero-order valence-electron chi connectivity index (χ0n) is 21.9. The monoisotopic (exact) mass is 536 g/mol. The lowest BCUT2D eigenvalue weighted by molar-refractivity contribution is 0.0942. The molecule has 0 saturated carbocycles. The number of phenols is 1. The molecule has 3 heterocycles. The summed E-state index contributed by atoms with van der Waals surface area (Å²) in [7, 11) is 0. The molecule has 8 nitrogen and oxygen atoms in total. The van der Waals surface area contributed by atoms with Gasteiger partial charge in [0.25, 0.3) is 5.91 Å². The zero-order chi connectivity index (χ0) is 27.8. The molecule has 6 rings (SSSR count). The Morgan fingerprint density at radius 1 is 1.12 bits per heavy atom. The molecule has 0 radical (unpaired) electrons. The fourth-order valence-corrected chi connectivity index (χ4v) is 5.24. The van der Waals surface area contributed by atoms with E-state index in [0.717, 1.165) is 41.7 Å². The number of anilines is 1. The molecule has 1 aliphatic rings. The van der Waals surface area contributed by atoms with E-state index in [9.17, 15) is 14.3 Å². The third kappa shape index (κ3) is 5.11. The van der Waals surface area contributed by atoms with Crippen LogP contribution in [0.1, 0.15) is 39.6 Å². The van der Waals surface area contributed by atoms with Crippen LogP contribution in [0.3, 0.4) is 0 Å². The van der Waals surface area contributed by atoms with Gasteiger partial charge in [0.15, 0.2) is 5.82 Å². The lowest BCUT2D eigenvalue weighted by Gasteiger charge is -2.20. The lowest BCUT2D eigenvalue weighted by Crippen LogP contribution is -2.30. The van der Waals surface area contributed by atoms with Crippen molar-refractivity contribution in [3.8, 4) is 17.1 Å². The second-order valence-corrected chi connectivity index (χ2v) is 10.3. The maximum Gasteiger partial charge on any atom is 0.252 e. The quantitative estimate of drug-likeness (QED) is 0.247. The number of carbonyl (C=O) groups is 1. The first-order chi connectivity index (χ1) is 19.3. The van der Waals surface area contributed by atoms with E-state index in [2.05, 4.69) is 25.2 Å². The normalized spacial score (nSPS) is 15.9. The summed E-state index contributed by atoms with van der Waals surface area (Å²) < 4.78 is 14.3. The predicted octanol–water partition coefficient (Wildman–Crippen LogP) is 4.83. The van der Waals surface area contributed by atoms with Crippen molar-refractivity contribution < 1.29 is 14.3 Å². The Labute approximate surface area is 230 Å². The molecule has 1 aliphatic heterocycles. The molecule has 5 N–H and O–H groups in total. The van der Waals surface area contributed by atoms with Gasteiger partial charge in [-0.25, -0.2) is 14.4 Å². The van der Waals surface area contributed by atoms with Crippen LogP contribution >= 0.6 is 0 Å². The van der Waals surface area contributed by atoms with E-state index in [1.807, 2.05) is 43.3 Å². The second kappa shape index (κ2) is 10.4. The Bertz CT molecular complexity index is 1670. The summed E-state index contributed by atoms with van der Waals surface area (Å²) in [6.45, 7) is 3.54. The molecule has 3 aromatic carbocycles. The first kappa shape index (κ1) is 25.5. The van der Waals surface area contributed by atoms with Gasteiger partial charge in [-0.05, 0) is 72.8 Å². The van der Waals surface area contributed by atoms with Crippen LogP contribution in [0.25, 0.3) is 22.3 Å². The summed E-state index contributed by atoms with van der Waals surface area (Å²) in [5, 5.41) is 14.5. The Morgan fingerprint density at radius 2 is 1.93 bits per heavy atom. The third-order valence-electron chi connectivity index (χ3n) is 7.26. The van der Waals surface area contributed by atoms with Gasteiger partial charge in [0.2, 0.25) is 0 Å². The van der Waals surface area contributed by atoms with Crippen molar-refractivity contribution in [1.82, 2.24) is 20.3 Å². The van der Waals surface area contributed by atoms with E-state index in [1.165, 1.54) is 18.2 Å². The van der Waals surface area contributed by atoms with Crippen LogP contribution in [0.15, 0.2) is 79.1 Å². The number of aromatic amines is 1. The van der Waals surface area contributed by atoms with Gasteiger partial charge in [-0.1, -0.05) is 18.2 Å². The molecule has 1 amide bonds. The summed E-state index contributed by atoms with van der Waals surface area (Å²) in [6, 6.07) is 18.0. The minimum absolute atomic E-state index is 0.122. The van der Waals surface area contributed by atoms with Crippen molar-refractivity contribution in [3.63, 3.8) is 0 Å². The van der Waals surface area contributed by atoms with Crippen LogP contribution in [0.4, 0.5) is 10.1 Å². The van der Waals surface area contributed by atoms with Crippen LogP contribution in [0, 0.1) is 12.7 Å². The number of halogens is 1. The first-order valence-corrected chi connectivity index (χ1v) is 13.2. The SMILES string of the molecule is Cc1cc(C(=O)N[C@@H](c2cc3ccccc3[nH]2)c2cc(F)ccc2O)cc(-c2ncc(N3CCC(N)C3)cn2)c1. The summed E-state index contributed by atoms with van der Waals surface area (Å²) >= 11 is 0. The largest absolute Gasteiger partial charge is 0.508 e. The van der Waals surface area contributed by atoms with E-state index < -0.39 is 11.9 Å². The number of phenolic OH excluding ortho intramolecular Hbond substituents is 1. The van der Waals surface area contributed by atoms with E-state index in [-0.39, 0.29) is 23.3 Å². The standard InChI is InChI=1S/C31H29FN6O2/c1-18-10-20(30-34-15-24(16-35-30)38-9-8-23(33)17-38)12-21(11-18)31(40)37-29(25-14-22(32)6-7-28(25)39)27-13-19-4-2-3-5-26(19)36-27/h2-7,10-16,23,29,36,39H,8-9,17,33H2,1H3,(H,37,40)/t23?,29-/m1/s1. The van der Waals surface area contributed by atoms with Crippen LogP contribution in [0.5, 0.6) is 5.75 Å². The molecular weight excluding hydrogens is 507 g/mol. The van der Waals surface area contributed by atoms with Crippen LogP contribution in [0.2, 0.25) is 0 Å². The molecule has 0 bridgehead atoms. The number of rotatable bonds is 6. The number of nitrogens with two attached hydrogens (primary N) is 1. The minimum Gasteiger partial charge on any atom is -0.508 e. The zero-order valence-corrected chi connectivity index (χ0v) is 21.9. The van der Waals surface area contributed by atoms with Gasteiger partial charge in [-0.3, -0.25) is 4.79 Å². The van der Waals surface area contributed by atoms with Gasteiger partial charge < -0.3 is 26.0 Å². The number of fused-ring (bicyclic) bond motifs is 1. The molecule has 1 unspecified atom stereocenters. The number of hydrogen-bond donors (Lipinski definition) is 4. The van der Waals surface area contributed by atoms with Crippen molar-refractivity contribution in [2.24, 2.45) is 5.73 Å². The molecule has 9 heteroatoms. The molecule has 202 valence electrons. The maximum absolute atomic E-state index is 14.3. The number of nitrogens with zero attached hydrogens (tertiary/aromatic N) is 3. The second-order valence-electron chi connectivity index (χ2n) is 10.3. The van der Waals surface area contributed by atoms with E-state index >= 15 is 0 Å². The molecular formula is C31H29FN6O2. The lowest BCUT2D eigenvalue weighted by atomic mass is 10.0. The number of benzene rings is 3. The number of aryl methyl sites for hydroxylation is 1. The number of para-hydroxylation sites is 1. The number of carbonyl (C=O) groups excluding carboxylic acids is 1. The van der Waals surface area contributed by atoms with Crippen LogP contribution in [-0.4, -0.2) is 45.1 Å². The highest BCUT2D eigenvalue weighted by molar-refractivity contribution is 5.96. The number of amides is 1. The Morgan fingerprint density at radius 3 is 2.67 bits per heavy atom. The van der Waals surface area contributed by atoms with Gasteiger partial charge in [0.1, 0.15) is 11.6 Å². The predicted molar refractivity (Wildman–Crippen MR) is 153 cm³/mol. The van der Waals surface area contributed by atoms with E-state index in [1.54, 1.807) is 24.5 Å². The molecule has 5 aromatic rings. The van der Waals surface area contributed by atoms with Crippen molar-refractivity contribution in [1.29, 1.82) is 0 Å². The Balaban J connectivity index is 1.32. The van der Waals surface area contributed by atoms with Gasteiger partial charge in [-0.2, -0.15) is 0 Å². The smallest absolute Gasteiger partial charge is 0.252 e. The minimum atomic E-state index is -0.832. The summed E-state index contributed by atoms with van der Waals surface area (Å²) in [5.41, 5.74) is 10.6. The molecule has 1 saturated heterocycles. The number of aromatic hydroxyl groups is 1. The number of H-pyrrole nitrogens is 1. The Kier molecular flexibility index (Phi) is 6.65. The molecule has 40 heavy (non-hydrogen) atoms. The van der Waals surface area contributed by atoms with Gasteiger partial charge in [0, 0.05) is 47.0 Å². The van der Waals surface area contributed by atoms with Gasteiger partial charge in [0.05, 0.1) is 24.1 Å². The first-order valence-electron chi connectivity index (χ1n) is 13.2. The van der Waals surface area contributed by atoms with Crippen molar-refractivity contribution >= 4 is 22.5 Å². The number of aromatic nitrogens is 3. The van der Waals surface area contributed by atoms with Crippen molar-refractivity contribution in [2.45, 2.75) is 25.4 Å². The molecule has 2 atom stereocenters. The molecule has 0 aliphatic carbocycles. The van der Waals surface area contributed by atoms with Gasteiger partial charge >= 0.3 is 0 Å². The highest BCUT2D eigenvalue weighted by Crippen LogP contribution is 2.32. The third-order valence-corrected chi connectivity index (χ3v) is 7.26.